The first-order valence-corrected chi connectivity index (χ1v) is 31.7. The van der Waals surface area contributed by atoms with Crippen molar-refractivity contribution < 1.29 is 42.5 Å². The van der Waals surface area contributed by atoms with Crippen molar-refractivity contribution in [3.05, 3.63) is 105 Å². The molecule has 0 bridgehead atoms. The number of imidazole rings is 2. The van der Waals surface area contributed by atoms with Crippen LogP contribution in [0.5, 0.6) is 0 Å². The molecule has 4 aromatic heterocycles. The Morgan fingerprint density at radius 2 is 1.00 bits per heavy atom. The maximum atomic E-state index is 13.0. The van der Waals surface area contributed by atoms with Crippen LogP contribution in [0.15, 0.2) is 73.3 Å². The van der Waals surface area contributed by atoms with Crippen molar-refractivity contribution in [2.45, 2.75) is 142 Å². The number of aliphatic hydroxyl groups is 1. The molecule has 1 N–H and O–H groups in total. The molecular formula is C51H66Cl4N8O9Si2. The van der Waals surface area contributed by atoms with Crippen LogP contribution >= 0.6 is 46.4 Å². The van der Waals surface area contributed by atoms with Crippen molar-refractivity contribution in [3.8, 4) is 0 Å². The number of fused-ring (bicyclic) bond motifs is 2. The molecule has 2 aromatic carbocycles. The van der Waals surface area contributed by atoms with Crippen molar-refractivity contribution in [1.29, 1.82) is 0 Å². The predicted molar refractivity (Wildman–Crippen MR) is 290 cm³/mol. The van der Waals surface area contributed by atoms with Gasteiger partial charge < -0.3 is 32.9 Å². The van der Waals surface area contributed by atoms with E-state index in [2.05, 4.69) is 105 Å². The van der Waals surface area contributed by atoms with E-state index in [4.69, 9.17) is 74.2 Å². The molecule has 74 heavy (non-hydrogen) atoms. The van der Waals surface area contributed by atoms with Gasteiger partial charge in [0.25, 0.3) is 0 Å². The summed E-state index contributed by atoms with van der Waals surface area (Å²) < 4.78 is 42.2. The summed E-state index contributed by atoms with van der Waals surface area (Å²) in [5.41, 5.74) is 0.770. The van der Waals surface area contributed by atoms with Crippen LogP contribution in [0.4, 0.5) is 0 Å². The Kier molecular flexibility index (Phi) is 17.2. The Morgan fingerprint density at radius 1 is 0.635 bits per heavy atom. The maximum Gasteiger partial charge on any atom is 0.338 e. The fourth-order valence-electron chi connectivity index (χ4n) is 8.66. The topological polar surface area (TPSA) is 197 Å². The quantitative estimate of drug-likeness (QED) is 0.0467. The number of nitrogens with zero attached hydrogens (tertiary/aromatic N) is 8. The van der Waals surface area contributed by atoms with Crippen LogP contribution in [-0.2, 0) is 27.8 Å². The van der Waals surface area contributed by atoms with E-state index < -0.39 is 64.1 Å². The van der Waals surface area contributed by atoms with Crippen molar-refractivity contribution in [1.82, 2.24) is 39.0 Å². The standard InChI is InChI=1S/C26H34Cl2N4O4Si.C25H32Cl2N4O5Si/c1-8-17-19(36-37(6,7)25(2,3)4)26(5,14-34-22(33)16-12-10-9-11-13-16)23(35-17)32-15-29-18-20(27)30-24(28)31-21(18)32;1-24(2,3)37(5,6)36-18-16(12-32)35-22(31-14-28-17-19(26)29-23(27)30-20(17)31)25(18,4)13-34-21(33)15-10-8-7-9-11-15/h9-13,15,17,19,23H,8,14H2,1-7H3;7-11,14,16,18,22,32H,12-13H2,1-6H3/t17-,19?,23-,26+;16-,18?,22-,25+/m11/s1. The van der Waals surface area contributed by atoms with E-state index in [1.165, 1.54) is 6.33 Å². The molecule has 400 valence electrons. The molecule has 0 saturated carbocycles. The number of ether oxygens (including phenoxy) is 4. The van der Waals surface area contributed by atoms with E-state index in [1.54, 1.807) is 64.0 Å². The fraction of sp³-hybridized carbons (Fsp3) is 0.529. The van der Waals surface area contributed by atoms with Gasteiger partial charge in [0.15, 0.2) is 38.2 Å². The molecule has 0 spiro atoms. The Balaban J connectivity index is 0.000000216. The molecule has 6 aromatic rings. The molecule has 2 saturated heterocycles. The van der Waals surface area contributed by atoms with Crippen LogP contribution in [-0.4, -0.2) is 117 Å². The molecular weight excluding hydrogens is 1070 g/mol. The number of carbonyl (C=O) groups excluding carboxylic acids is 2. The number of hydrogen-bond donors (Lipinski definition) is 1. The van der Waals surface area contributed by atoms with Crippen molar-refractivity contribution in [2.24, 2.45) is 10.8 Å². The largest absolute Gasteiger partial charge is 0.461 e. The number of halogens is 4. The van der Waals surface area contributed by atoms with E-state index in [0.29, 0.717) is 39.9 Å². The van der Waals surface area contributed by atoms with Gasteiger partial charge in [-0.05, 0) is 104 Å². The monoisotopic (exact) mass is 1130 g/mol. The molecule has 2 aliphatic rings. The lowest BCUT2D eigenvalue weighted by Gasteiger charge is -2.43. The highest BCUT2D eigenvalue weighted by Gasteiger charge is 2.60. The van der Waals surface area contributed by atoms with E-state index in [0.717, 1.165) is 0 Å². The van der Waals surface area contributed by atoms with Crippen LogP contribution in [0.2, 0.25) is 57.1 Å². The minimum atomic E-state index is -2.35. The number of esters is 2. The molecule has 2 unspecified atom stereocenters. The summed E-state index contributed by atoms with van der Waals surface area (Å²) in [6.45, 7) is 27.4. The highest BCUT2D eigenvalue weighted by molar-refractivity contribution is 6.74. The molecule has 17 nitrogen and oxygen atoms in total. The lowest BCUT2D eigenvalue weighted by Crippen LogP contribution is -2.52. The van der Waals surface area contributed by atoms with Crippen molar-refractivity contribution >= 4 is 97.3 Å². The summed E-state index contributed by atoms with van der Waals surface area (Å²) in [4.78, 5) is 51.4. The Labute approximate surface area is 454 Å². The van der Waals surface area contributed by atoms with Crippen LogP contribution < -0.4 is 0 Å². The average Bonchev–Trinajstić information content (AvgIpc) is 4.09. The summed E-state index contributed by atoms with van der Waals surface area (Å²) in [5, 5.41) is 10.5. The molecule has 0 aliphatic carbocycles. The van der Waals surface area contributed by atoms with Gasteiger partial charge in [0, 0.05) is 0 Å². The number of benzene rings is 2. The van der Waals surface area contributed by atoms with Gasteiger partial charge in [-0.2, -0.15) is 9.97 Å². The van der Waals surface area contributed by atoms with Gasteiger partial charge in [-0.3, -0.25) is 9.13 Å². The number of aromatic nitrogens is 8. The SMILES string of the molecule is CC(C)(C)[Si](C)(C)OC1[C@@H](CO)O[C@@H](n2cnc3c(Cl)nc(Cl)nc32)[C@@]1(C)COC(=O)c1ccccc1.CC[C@H]1O[C@@H](n2cnc3c(Cl)nc(Cl)nc32)[C@@](C)(COC(=O)c2ccccc2)C1O[Si](C)(C)C(C)(C)C. The molecule has 0 amide bonds. The molecule has 8 atom stereocenters. The molecule has 23 heteroatoms. The highest BCUT2D eigenvalue weighted by atomic mass is 35.5. The average molecular weight is 1130 g/mol. The van der Waals surface area contributed by atoms with Crippen LogP contribution in [0.25, 0.3) is 22.3 Å². The first kappa shape index (κ1) is 57.6. The summed E-state index contributed by atoms with van der Waals surface area (Å²) in [7, 11) is -4.58. The van der Waals surface area contributed by atoms with Gasteiger partial charge >= 0.3 is 11.9 Å². The van der Waals surface area contributed by atoms with Crippen molar-refractivity contribution in [3.63, 3.8) is 0 Å². The van der Waals surface area contributed by atoms with Gasteiger partial charge in [-0.1, -0.05) is 108 Å². The zero-order chi connectivity index (χ0) is 54.3. The normalized spacial score (nSPS) is 24.5. The van der Waals surface area contributed by atoms with E-state index >= 15 is 0 Å². The smallest absolute Gasteiger partial charge is 0.338 e. The third-order valence-corrected chi connectivity index (χ3v) is 24.8. The van der Waals surface area contributed by atoms with Crippen molar-refractivity contribution in [2.75, 3.05) is 19.8 Å². The second kappa shape index (κ2) is 22.1. The van der Waals surface area contributed by atoms with Gasteiger partial charge in [-0.15, -0.1) is 0 Å². The van der Waals surface area contributed by atoms with Gasteiger partial charge in [0.2, 0.25) is 10.6 Å². The molecule has 2 aliphatic heterocycles. The molecule has 6 heterocycles. The third-order valence-electron chi connectivity index (χ3n) is 15.0. The summed E-state index contributed by atoms with van der Waals surface area (Å²) in [5.74, 6) is -0.876. The minimum Gasteiger partial charge on any atom is -0.461 e. The second-order valence-electron chi connectivity index (χ2n) is 22.4. The Bertz CT molecular complexity index is 2760. The summed E-state index contributed by atoms with van der Waals surface area (Å²) in [6.07, 6.45) is 0.598. The van der Waals surface area contributed by atoms with Crippen LogP contribution in [0.3, 0.4) is 0 Å². The lowest BCUT2D eigenvalue weighted by atomic mass is 9.82. The lowest BCUT2D eigenvalue weighted by molar-refractivity contribution is -0.0630. The predicted octanol–water partition coefficient (Wildman–Crippen LogP) is 12.0. The third kappa shape index (κ3) is 11.6. The summed E-state index contributed by atoms with van der Waals surface area (Å²) in [6, 6.07) is 17.7. The first-order valence-electron chi connectivity index (χ1n) is 24.4. The number of carbonyl (C=O) groups is 2. The van der Waals surface area contributed by atoms with Crippen LogP contribution in [0.1, 0.15) is 102 Å². The van der Waals surface area contributed by atoms with Gasteiger partial charge in [-0.25, -0.2) is 29.5 Å². The van der Waals surface area contributed by atoms with Gasteiger partial charge in [0.1, 0.15) is 42.8 Å². The van der Waals surface area contributed by atoms with E-state index in [9.17, 15) is 14.7 Å². The number of rotatable bonds is 14. The zero-order valence-corrected chi connectivity index (χ0v) is 49.0. The van der Waals surface area contributed by atoms with E-state index in [-0.39, 0.29) is 63.0 Å². The molecule has 0 radical (unpaired) electrons. The molecule has 8 rings (SSSR count). The maximum absolute atomic E-state index is 13.0. The zero-order valence-electron chi connectivity index (χ0n) is 44.0. The fourth-order valence-corrected chi connectivity index (χ4v) is 12.3. The first-order chi connectivity index (χ1) is 34.6. The molecule has 2 fully saturated rings. The second-order valence-corrected chi connectivity index (χ2v) is 33.3. The minimum absolute atomic E-state index is 0.00979. The Morgan fingerprint density at radius 3 is 1.35 bits per heavy atom. The Hall–Kier alpha value is -4.13. The van der Waals surface area contributed by atoms with Gasteiger partial charge in [0.05, 0.1) is 59.5 Å². The van der Waals surface area contributed by atoms with E-state index in [1.807, 2.05) is 26.0 Å². The number of hydrogen-bond acceptors (Lipinski definition) is 15. The highest BCUT2D eigenvalue weighted by Crippen LogP contribution is 2.53. The summed E-state index contributed by atoms with van der Waals surface area (Å²) >= 11 is 24.8. The number of aliphatic hydroxyl groups excluding tert-OH is 1. The van der Waals surface area contributed by atoms with Crippen LogP contribution in [0, 0.1) is 10.8 Å².